The summed E-state index contributed by atoms with van der Waals surface area (Å²) >= 11 is 0. The van der Waals surface area contributed by atoms with Gasteiger partial charge in [-0.25, -0.2) is 0 Å². The van der Waals surface area contributed by atoms with Gasteiger partial charge in [-0.2, -0.15) is 5.26 Å². The third-order valence-corrected chi connectivity index (χ3v) is 4.11. The number of carbonyl (C=O) groups is 1. The number of aromatic nitrogens is 1. The van der Waals surface area contributed by atoms with E-state index in [0.717, 1.165) is 22.2 Å². The van der Waals surface area contributed by atoms with E-state index in [1.165, 1.54) is 6.08 Å². The van der Waals surface area contributed by atoms with Gasteiger partial charge in [0.2, 0.25) is 5.91 Å². The van der Waals surface area contributed by atoms with Crippen molar-refractivity contribution in [1.29, 1.82) is 5.26 Å². The molecule has 2 aromatic carbocycles. The fraction of sp³-hybridized carbons (Fsp3) is 0.182. The number of carbonyl (C=O) groups excluding carboxylic acids is 1. The van der Waals surface area contributed by atoms with Crippen LogP contribution in [0.15, 0.2) is 66.9 Å². The van der Waals surface area contributed by atoms with Crippen molar-refractivity contribution in [3.05, 3.63) is 72.4 Å². The Bertz CT molecular complexity index is 968. The first kappa shape index (κ1) is 18.3. The highest BCUT2D eigenvalue weighted by Gasteiger charge is 2.06. The lowest BCUT2D eigenvalue weighted by atomic mass is 10.1. The van der Waals surface area contributed by atoms with E-state index >= 15 is 0 Å². The largest absolute Gasteiger partial charge is 0.492 e. The number of hydrogen-bond donors (Lipinski definition) is 1. The van der Waals surface area contributed by atoms with Gasteiger partial charge in [0.25, 0.3) is 0 Å². The molecule has 3 aromatic rings. The van der Waals surface area contributed by atoms with Crippen LogP contribution < -0.4 is 10.1 Å². The van der Waals surface area contributed by atoms with Crippen LogP contribution in [0.25, 0.3) is 17.0 Å². The molecule has 0 aliphatic rings. The Morgan fingerprint density at radius 2 is 1.93 bits per heavy atom. The Morgan fingerprint density at radius 3 is 2.74 bits per heavy atom. The van der Waals surface area contributed by atoms with E-state index in [2.05, 4.69) is 11.4 Å². The molecule has 0 aliphatic carbocycles. The summed E-state index contributed by atoms with van der Waals surface area (Å²) < 4.78 is 7.59. The molecule has 0 bridgehead atoms. The molecule has 0 spiro atoms. The molecule has 0 saturated heterocycles. The van der Waals surface area contributed by atoms with E-state index in [4.69, 9.17) is 10.00 Å². The Kier molecular flexibility index (Phi) is 6.26. The molecule has 1 aromatic heterocycles. The van der Waals surface area contributed by atoms with Crippen molar-refractivity contribution in [2.45, 2.75) is 13.0 Å². The molecule has 1 heterocycles. The van der Waals surface area contributed by atoms with Crippen LogP contribution in [0.2, 0.25) is 0 Å². The second kappa shape index (κ2) is 9.25. The van der Waals surface area contributed by atoms with Gasteiger partial charge in [-0.3, -0.25) is 4.79 Å². The van der Waals surface area contributed by atoms with Crippen molar-refractivity contribution in [2.75, 3.05) is 13.2 Å². The average Bonchev–Trinajstić information content (AvgIpc) is 3.07. The zero-order valence-electron chi connectivity index (χ0n) is 15.0. The smallest absolute Gasteiger partial charge is 0.244 e. The van der Waals surface area contributed by atoms with Gasteiger partial charge in [-0.05, 0) is 24.3 Å². The highest BCUT2D eigenvalue weighted by molar-refractivity contribution is 5.96. The standard InChI is InChI=1S/C22H21N3O2/c23-13-6-15-25-17-18(20-9-4-5-10-21(20)25)11-12-22(26)24-14-16-27-19-7-2-1-3-8-19/h1-5,7-12,17H,6,14-16H2,(H,24,26). The van der Waals surface area contributed by atoms with Crippen LogP contribution in [-0.2, 0) is 11.3 Å². The average molecular weight is 359 g/mol. The highest BCUT2D eigenvalue weighted by atomic mass is 16.5. The number of nitrogens with zero attached hydrogens (tertiary/aromatic N) is 2. The molecule has 0 fully saturated rings. The van der Waals surface area contributed by atoms with E-state index in [9.17, 15) is 4.79 Å². The third kappa shape index (κ3) is 4.99. The van der Waals surface area contributed by atoms with Crippen molar-refractivity contribution in [1.82, 2.24) is 9.88 Å². The Labute approximate surface area is 158 Å². The summed E-state index contributed by atoms with van der Waals surface area (Å²) in [6, 6.07) is 19.6. The number of para-hydroxylation sites is 2. The number of amides is 1. The van der Waals surface area contributed by atoms with Crippen molar-refractivity contribution in [3.8, 4) is 11.8 Å². The van der Waals surface area contributed by atoms with Crippen LogP contribution in [0.4, 0.5) is 0 Å². The minimum Gasteiger partial charge on any atom is -0.492 e. The Balaban J connectivity index is 1.57. The van der Waals surface area contributed by atoms with Crippen LogP contribution in [0, 0.1) is 11.3 Å². The molecule has 1 N–H and O–H groups in total. The lowest BCUT2D eigenvalue weighted by molar-refractivity contribution is -0.116. The maximum absolute atomic E-state index is 12.0. The number of nitriles is 1. The summed E-state index contributed by atoms with van der Waals surface area (Å²) in [4.78, 5) is 12.0. The number of aryl methyl sites for hydroxylation is 1. The summed E-state index contributed by atoms with van der Waals surface area (Å²) in [5.74, 6) is 0.619. The van der Waals surface area contributed by atoms with E-state index in [1.807, 2.05) is 65.4 Å². The molecule has 0 aliphatic heterocycles. The first-order chi connectivity index (χ1) is 13.3. The van der Waals surface area contributed by atoms with Crippen LogP contribution in [-0.4, -0.2) is 23.6 Å². The minimum atomic E-state index is -0.166. The number of hydrogen-bond acceptors (Lipinski definition) is 3. The molecular formula is C22H21N3O2. The predicted octanol–water partition coefficient (Wildman–Crippen LogP) is 3.76. The van der Waals surface area contributed by atoms with Gasteiger partial charge in [-0.15, -0.1) is 0 Å². The fourth-order valence-corrected chi connectivity index (χ4v) is 2.85. The van der Waals surface area contributed by atoms with E-state index in [0.29, 0.717) is 26.1 Å². The van der Waals surface area contributed by atoms with Gasteiger partial charge in [0.15, 0.2) is 0 Å². The third-order valence-electron chi connectivity index (χ3n) is 4.11. The molecule has 0 atom stereocenters. The summed E-state index contributed by atoms with van der Waals surface area (Å²) in [6.07, 6.45) is 5.76. The summed E-state index contributed by atoms with van der Waals surface area (Å²) in [6.45, 7) is 1.48. The Morgan fingerprint density at radius 1 is 1.15 bits per heavy atom. The highest BCUT2D eigenvalue weighted by Crippen LogP contribution is 2.22. The lowest BCUT2D eigenvalue weighted by Crippen LogP contribution is -2.26. The van der Waals surface area contributed by atoms with Crippen LogP contribution in [0.1, 0.15) is 12.0 Å². The minimum absolute atomic E-state index is 0.166. The zero-order chi connectivity index (χ0) is 18.9. The summed E-state index contributed by atoms with van der Waals surface area (Å²) in [5.41, 5.74) is 2.02. The Hall–Kier alpha value is -3.52. The molecule has 136 valence electrons. The number of ether oxygens (including phenoxy) is 1. The van der Waals surface area contributed by atoms with E-state index in [-0.39, 0.29) is 5.91 Å². The number of benzene rings is 2. The van der Waals surface area contributed by atoms with Gasteiger partial charge in [0.05, 0.1) is 19.0 Å². The second-order valence-corrected chi connectivity index (χ2v) is 5.99. The van der Waals surface area contributed by atoms with Gasteiger partial charge in [0.1, 0.15) is 12.4 Å². The van der Waals surface area contributed by atoms with Crippen molar-refractivity contribution in [2.24, 2.45) is 0 Å². The van der Waals surface area contributed by atoms with Crippen molar-refractivity contribution >= 4 is 22.9 Å². The first-order valence-corrected chi connectivity index (χ1v) is 8.86. The summed E-state index contributed by atoms with van der Waals surface area (Å²) in [5, 5.41) is 12.7. The first-order valence-electron chi connectivity index (χ1n) is 8.86. The maximum atomic E-state index is 12.0. The molecule has 5 nitrogen and oxygen atoms in total. The SMILES string of the molecule is N#CCCn1cc(C=CC(=O)NCCOc2ccccc2)c2ccccc21. The van der Waals surface area contributed by atoms with Crippen molar-refractivity contribution < 1.29 is 9.53 Å². The van der Waals surface area contributed by atoms with E-state index < -0.39 is 0 Å². The molecule has 27 heavy (non-hydrogen) atoms. The zero-order valence-corrected chi connectivity index (χ0v) is 15.0. The number of rotatable bonds is 8. The van der Waals surface area contributed by atoms with Gasteiger partial charge >= 0.3 is 0 Å². The van der Waals surface area contributed by atoms with E-state index in [1.54, 1.807) is 6.08 Å². The molecular weight excluding hydrogens is 338 g/mol. The van der Waals surface area contributed by atoms with Crippen LogP contribution in [0.3, 0.4) is 0 Å². The van der Waals surface area contributed by atoms with Gasteiger partial charge in [-0.1, -0.05) is 36.4 Å². The molecule has 1 amide bonds. The maximum Gasteiger partial charge on any atom is 0.244 e. The lowest BCUT2D eigenvalue weighted by Gasteiger charge is -2.05. The number of nitrogens with one attached hydrogen (secondary N) is 1. The normalized spacial score (nSPS) is 10.8. The van der Waals surface area contributed by atoms with Gasteiger partial charge in [0, 0.05) is 35.3 Å². The predicted molar refractivity (Wildman–Crippen MR) is 106 cm³/mol. The van der Waals surface area contributed by atoms with Crippen LogP contribution in [0.5, 0.6) is 5.75 Å². The number of fused-ring (bicyclic) bond motifs is 1. The molecule has 0 saturated carbocycles. The fourth-order valence-electron chi connectivity index (χ4n) is 2.85. The molecule has 5 heteroatoms. The topological polar surface area (TPSA) is 67.0 Å². The summed E-state index contributed by atoms with van der Waals surface area (Å²) in [7, 11) is 0. The quantitative estimate of drug-likeness (QED) is 0.492. The second-order valence-electron chi connectivity index (χ2n) is 5.99. The van der Waals surface area contributed by atoms with Crippen LogP contribution >= 0.6 is 0 Å². The monoisotopic (exact) mass is 359 g/mol. The molecule has 0 radical (unpaired) electrons. The molecule has 3 rings (SSSR count). The van der Waals surface area contributed by atoms with Gasteiger partial charge < -0.3 is 14.6 Å². The molecule has 0 unspecified atom stereocenters. The van der Waals surface area contributed by atoms with Crippen molar-refractivity contribution in [3.63, 3.8) is 0 Å².